The van der Waals surface area contributed by atoms with Crippen molar-refractivity contribution in [2.24, 2.45) is 16.1 Å². The highest BCUT2D eigenvalue weighted by Crippen LogP contribution is 2.32. The molecule has 0 amide bonds. The van der Waals surface area contributed by atoms with Gasteiger partial charge in [0.15, 0.2) is 0 Å². The normalized spacial score (nSPS) is 15.6. The smallest absolute Gasteiger partial charge is 0.116 e. The molecule has 0 saturated carbocycles. The van der Waals surface area contributed by atoms with Crippen LogP contribution in [-0.2, 0) is 0 Å². The Morgan fingerprint density at radius 1 is 1.28 bits per heavy atom. The van der Waals surface area contributed by atoms with Crippen molar-refractivity contribution >= 4 is 5.71 Å². The van der Waals surface area contributed by atoms with Gasteiger partial charge >= 0.3 is 0 Å². The van der Waals surface area contributed by atoms with E-state index < -0.39 is 0 Å². The van der Waals surface area contributed by atoms with Gasteiger partial charge in [0.1, 0.15) is 5.82 Å². The quantitative estimate of drug-likeness (QED) is 0.470. The number of unbranched alkanes of at least 4 members (excludes halogenated alkanes) is 1. The molecule has 102 valence electrons. The van der Waals surface area contributed by atoms with E-state index in [-0.39, 0.29) is 5.41 Å². The van der Waals surface area contributed by atoms with Crippen LogP contribution in [0.25, 0.3) is 0 Å². The SMILES string of the molecule is C=C/C=C\C(=N/C(=C)N)C(C)(CCC)CCCC. The highest BCUT2D eigenvalue weighted by atomic mass is 14.9. The van der Waals surface area contributed by atoms with Crippen molar-refractivity contribution in [2.75, 3.05) is 0 Å². The van der Waals surface area contributed by atoms with Gasteiger partial charge in [0.05, 0.1) is 0 Å². The van der Waals surface area contributed by atoms with Crippen molar-refractivity contribution in [3.63, 3.8) is 0 Å². The number of aliphatic imine (C=N–C) groups is 1. The van der Waals surface area contributed by atoms with Gasteiger partial charge in [-0.15, -0.1) is 0 Å². The first kappa shape index (κ1) is 16.7. The Bertz CT molecular complexity index is 326. The van der Waals surface area contributed by atoms with Crippen LogP contribution in [0.3, 0.4) is 0 Å². The van der Waals surface area contributed by atoms with E-state index in [0.717, 1.165) is 25.0 Å². The first-order valence-electron chi connectivity index (χ1n) is 6.82. The minimum atomic E-state index is 0.0760. The molecule has 18 heavy (non-hydrogen) atoms. The number of allylic oxidation sites excluding steroid dienone is 3. The third-order valence-electron chi connectivity index (χ3n) is 3.16. The second-order valence-corrected chi connectivity index (χ2v) is 5.00. The summed E-state index contributed by atoms with van der Waals surface area (Å²) in [6.07, 6.45) is 11.5. The van der Waals surface area contributed by atoms with Crippen molar-refractivity contribution in [1.82, 2.24) is 0 Å². The molecule has 0 bridgehead atoms. The Hall–Kier alpha value is -1.31. The lowest BCUT2D eigenvalue weighted by molar-refractivity contribution is 0.377. The van der Waals surface area contributed by atoms with Crippen LogP contribution >= 0.6 is 0 Å². The van der Waals surface area contributed by atoms with Gasteiger partial charge in [-0.05, 0) is 18.9 Å². The van der Waals surface area contributed by atoms with E-state index in [0.29, 0.717) is 5.82 Å². The highest BCUT2D eigenvalue weighted by Gasteiger charge is 2.27. The van der Waals surface area contributed by atoms with Crippen molar-refractivity contribution in [3.05, 3.63) is 37.2 Å². The standard InChI is InChI=1S/C16H28N2/c1-6-9-11-15(18-14(4)17)16(5,12-8-3)13-10-7-2/h6,9,11H,1,4,7-8,10,12-13,17H2,2-3,5H3/b11-9-,18-15+. The zero-order valence-electron chi connectivity index (χ0n) is 12.2. The maximum atomic E-state index is 5.64. The van der Waals surface area contributed by atoms with Crippen LogP contribution in [0.4, 0.5) is 0 Å². The van der Waals surface area contributed by atoms with E-state index >= 15 is 0 Å². The highest BCUT2D eigenvalue weighted by molar-refractivity contribution is 6.00. The summed E-state index contributed by atoms with van der Waals surface area (Å²) < 4.78 is 0. The molecule has 2 heteroatoms. The van der Waals surface area contributed by atoms with Gasteiger partial charge in [-0.1, -0.05) is 65.3 Å². The fourth-order valence-electron chi connectivity index (χ4n) is 2.19. The molecule has 2 nitrogen and oxygen atoms in total. The fourth-order valence-corrected chi connectivity index (χ4v) is 2.19. The van der Waals surface area contributed by atoms with Crippen molar-refractivity contribution in [1.29, 1.82) is 0 Å². The summed E-state index contributed by atoms with van der Waals surface area (Å²) in [6.45, 7) is 14.1. The predicted molar refractivity (Wildman–Crippen MR) is 82.6 cm³/mol. The maximum Gasteiger partial charge on any atom is 0.116 e. The lowest BCUT2D eigenvalue weighted by atomic mass is 9.76. The molecule has 0 fully saturated rings. The van der Waals surface area contributed by atoms with Crippen molar-refractivity contribution in [3.8, 4) is 0 Å². The average Bonchev–Trinajstić information content (AvgIpc) is 2.31. The zero-order valence-corrected chi connectivity index (χ0v) is 12.2. The molecule has 1 atom stereocenters. The third kappa shape index (κ3) is 5.85. The molecular weight excluding hydrogens is 220 g/mol. The Balaban J connectivity index is 5.25. The van der Waals surface area contributed by atoms with Crippen molar-refractivity contribution < 1.29 is 0 Å². The number of hydrogen-bond acceptors (Lipinski definition) is 2. The molecule has 0 aromatic rings. The summed E-state index contributed by atoms with van der Waals surface area (Å²) in [6, 6.07) is 0. The lowest BCUT2D eigenvalue weighted by Gasteiger charge is -2.30. The van der Waals surface area contributed by atoms with Gasteiger partial charge in [0, 0.05) is 11.1 Å². The number of hydrogen-bond donors (Lipinski definition) is 1. The first-order valence-corrected chi connectivity index (χ1v) is 6.82. The number of rotatable bonds is 9. The molecule has 0 aromatic carbocycles. The molecule has 0 rings (SSSR count). The third-order valence-corrected chi connectivity index (χ3v) is 3.16. The predicted octanol–water partition coefficient (Wildman–Crippen LogP) is 4.60. The van der Waals surface area contributed by atoms with Gasteiger partial charge in [0.2, 0.25) is 0 Å². The molecule has 0 radical (unpaired) electrons. The summed E-state index contributed by atoms with van der Waals surface area (Å²) in [5, 5.41) is 0. The van der Waals surface area contributed by atoms with E-state index in [1.165, 1.54) is 12.8 Å². The minimum absolute atomic E-state index is 0.0760. The van der Waals surface area contributed by atoms with Crippen LogP contribution in [-0.4, -0.2) is 5.71 Å². The second kappa shape index (κ2) is 8.73. The minimum Gasteiger partial charge on any atom is -0.384 e. The molecule has 0 heterocycles. The van der Waals surface area contributed by atoms with Crippen LogP contribution in [0.1, 0.15) is 52.9 Å². The monoisotopic (exact) mass is 248 g/mol. The number of nitrogens with two attached hydrogens (primary N) is 1. The Morgan fingerprint density at radius 2 is 1.94 bits per heavy atom. The van der Waals surface area contributed by atoms with Crippen LogP contribution in [0, 0.1) is 5.41 Å². The van der Waals surface area contributed by atoms with Crippen LogP contribution in [0.15, 0.2) is 42.2 Å². The van der Waals surface area contributed by atoms with Crippen molar-refractivity contribution in [2.45, 2.75) is 52.9 Å². The molecule has 0 aliphatic carbocycles. The van der Waals surface area contributed by atoms with E-state index in [1.807, 2.05) is 12.2 Å². The Morgan fingerprint density at radius 3 is 2.39 bits per heavy atom. The molecule has 1 unspecified atom stereocenters. The molecule has 0 aliphatic rings. The molecule has 0 spiro atoms. The van der Waals surface area contributed by atoms with Gasteiger partial charge in [-0.25, -0.2) is 4.99 Å². The molecule has 0 aromatic heterocycles. The van der Waals surface area contributed by atoms with Crippen LogP contribution in [0.2, 0.25) is 0 Å². The first-order chi connectivity index (χ1) is 8.50. The van der Waals surface area contributed by atoms with Gasteiger partial charge in [0.25, 0.3) is 0 Å². The van der Waals surface area contributed by atoms with Gasteiger partial charge in [-0.3, -0.25) is 0 Å². The fraction of sp³-hybridized carbons (Fsp3) is 0.562. The lowest BCUT2D eigenvalue weighted by Crippen LogP contribution is -2.27. The zero-order chi connectivity index (χ0) is 14.0. The Labute approximate surface area is 112 Å². The molecular formula is C16H28N2. The topological polar surface area (TPSA) is 38.4 Å². The van der Waals surface area contributed by atoms with E-state index in [2.05, 4.69) is 38.9 Å². The summed E-state index contributed by atoms with van der Waals surface area (Å²) in [5.41, 5.74) is 6.74. The molecule has 2 N–H and O–H groups in total. The largest absolute Gasteiger partial charge is 0.384 e. The molecule has 0 aliphatic heterocycles. The average molecular weight is 248 g/mol. The van der Waals surface area contributed by atoms with Crippen LogP contribution < -0.4 is 5.73 Å². The van der Waals surface area contributed by atoms with E-state index in [4.69, 9.17) is 5.73 Å². The van der Waals surface area contributed by atoms with Crippen LogP contribution in [0.5, 0.6) is 0 Å². The van der Waals surface area contributed by atoms with Gasteiger partial charge in [-0.2, -0.15) is 0 Å². The number of nitrogens with zero attached hydrogens (tertiary/aromatic N) is 1. The summed E-state index contributed by atoms with van der Waals surface area (Å²) in [7, 11) is 0. The summed E-state index contributed by atoms with van der Waals surface area (Å²) in [4.78, 5) is 4.42. The second-order valence-electron chi connectivity index (χ2n) is 5.00. The van der Waals surface area contributed by atoms with E-state index in [9.17, 15) is 0 Å². The molecule has 0 saturated heterocycles. The maximum absolute atomic E-state index is 5.64. The summed E-state index contributed by atoms with van der Waals surface area (Å²) in [5.74, 6) is 0.373. The Kier molecular flexibility index (Phi) is 8.10. The summed E-state index contributed by atoms with van der Waals surface area (Å²) >= 11 is 0. The van der Waals surface area contributed by atoms with E-state index in [1.54, 1.807) is 6.08 Å². The van der Waals surface area contributed by atoms with Gasteiger partial charge < -0.3 is 5.73 Å².